The maximum absolute atomic E-state index is 13.9. The van der Waals surface area contributed by atoms with Crippen LogP contribution in [0.2, 0.25) is 0 Å². The van der Waals surface area contributed by atoms with Crippen LogP contribution in [0.1, 0.15) is 54.0 Å². The molecule has 12 heteroatoms. The predicted molar refractivity (Wildman–Crippen MR) is 191 cm³/mol. The van der Waals surface area contributed by atoms with Crippen LogP contribution in [-0.2, 0) is 37.8 Å². The average molecular weight is 677 g/mol. The number of aliphatic hydroxyl groups excluding tert-OH is 1. The fourth-order valence-electron chi connectivity index (χ4n) is 8.69. The molecule has 50 heavy (non-hydrogen) atoms. The van der Waals surface area contributed by atoms with Crippen LogP contribution in [-0.4, -0.2) is 86.0 Å². The van der Waals surface area contributed by atoms with Crippen LogP contribution in [0.5, 0.6) is 0 Å². The van der Waals surface area contributed by atoms with E-state index in [2.05, 4.69) is 44.6 Å². The maximum Gasteiger partial charge on any atom is 0.276 e. The van der Waals surface area contributed by atoms with E-state index in [1.807, 2.05) is 24.4 Å². The second-order valence-corrected chi connectivity index (χ2v) is 15.6. The van der Waals surface area contributed by atoms with E-state index >= 15 is 0 Å². The van der Waals surface area contributed by atoms with E-state index in [-0.39, 0.29) is 29.0 Å². The smallest absolute Gasteiger partial charge is 0.276 e. The van der Waals surface area contributed by atoms with Gasteiger partial charge in [-0.25, -0.2) is 9.97 Å². The van der Waals surface area contributed by atoms with Crippen LogP contribution in [0.25, 0.3) is 11.1 Å². The number of rotatable bonds is 7. The van der Waals surface area contributed by atoms with Crippen molar-refractivity contribution in [3.8, 4) is 11.1 Å². The minimum atomic E-state index is -0.313. The van der Waals surface area contributed by atoms with Crippen LogP contribution >= 0.6 is 0 Å². The number of hydrogen-bond donors (Lipinski definition) is 2. The molecule has 0 atom stereocenters. The molecule has 4 aromatic heterocycles. The summed E-state index contributed by atoms with van der Waals surface area (Å²) in [5, 5.41) is 14.0. The topological polar surface area (TPSA) is 121 Å². The molecule has 2 N–H and O–H groups in total. The molecule has 3 aliphatic heterocycles. The number of aliphatic hydroxyl groups is 1. The Morgan fingerprint density at radius 3 is 2.58 bits per heavy atom. The number of carbonyl (C=O) groups excluding carboxylic acids is 1. The highest BCUT2D eigenvalue weighted by Gasteiger charge is 2.52. The molecule has 2 aliphatic carbocycles. The van der Waals surface area contributed by atoms with Crippen molar-refractivity contribution < 1.29 is 14.6 Å². The fraction of sp³-hybridized carbons (Fsp3) is 0.474. The molecule has 4 aromatic rings. The quantitative estimate of drug-likeness (QED) is 0.302. The van der Waals surface area contributed by atoms with Gasteiger partial charge in [0.2, 0.25) is 0 Å². The third-order valence-corrected chi connectivity index (χ3v) is 11.5. The molecular formula is C38H44N8O4. The summed E-state index contributed by atoms with van der Waals surface area (Å²) < 4.78 is 9.14. The van der Waals surface area contributed by atoms with E-state index in [0.717, 1.165) is 56.9 Å². The summed E-state index contributed by atoms with van der Waals surface area (Å²) in [7, 11) is 1.71. The fourth-order valence-corrected chi connectivity index (χ4v) is 8.69. The highest BCUT2D eigenvalue weighted by molar-refractivity contribution is 6.06. The van der Waals surface area contributed by atoms with Crippen molar-refractivity contribution in [2.75, 3.05) is 54.5 Å². The number of hydrogen-bond acceptors (Lipinski definition) is 9. The molecule has 0 radical (unpaired) electrons. The van der Waals surface area contributed by atoms with Crippen molar-refractivity contribution in [3.05, 3.63) is 81.8 Å². The van der Waals surface area contributed by atoms with Crippen molar-refractivity contribution in [3.63, 3.8) is 0 Å². The van der Waals surface area contributed by atoms with Crippen LogP contribution in [0.4, 0.5) is 23.0 Å². The van der Waals surface area contributed by atoms with Gasteiger partial charge in [-0.3, -0.25) is 19.4 Å². The number of piperazine rings is 1. The summed E-state index contributed by atoms with van der Waals surface area (Å²) in [6.45, 7) is 10.1. The van der Waals surface area contributed by atoms with E-state index in [4.69, 9.17) is 9.72 Å². The summed E-state index contributed by atoms with van der Waals surface area (Å²) in [6, 6.07) is 10.2. The number of anilines is 4. The van der Waals surface area contributed by atoms with Gasteiger partial charge in [0.1, 0.15) is 23.0 Å². The first-order chi connectivity index (χ1) is 24.1. The van der Waals surface area contributed by atoms with Gasteiger partial charge in [-0.2, -0.15) is 0 Å². The monoisotopic (exact) mass is 676 g/mol. The van der Waals surface area contributed by atoms with Gasteiger partial charge in [0.25, 0.3) is 11.5 Å². The lowest BCUT2D eigenvalue weighted by atomic mass is 9.90. The average Bonchev–Trinajstić information content (AvgIpc) is 3.65. The lowest BCUT2D eigenvalue weighted by molar-refractivity contribution is -0.0710. The number of aryl methyl sites for hydroxylation is 1. The third kappa shape index (κ3) is 5.15. The standard InChI is InChI=1S/C38H44N8O4/c1-37(2)16-24-15-31-36(49)45(12-11-44(31)32(24)17-37)34-29(20-47)28(6-9-39-34)25-14-30(35(48)42(3)19-25)41-33-5-4-26(18-40-33)46-13-10-43(27-21-50-22-27)23-38(46)7-8-38/h4-6,9,14-15,18-19,27,47H,7-8,10-13,16-17,20-23H2,1-3H3,(H,40,41). The zero-order valence-electron chi connectivity index (χ0n) is 29.0. The molecule has 5 aliphatic rings. The zero-order valence-corrected chi connectivity index (χ0v) is 29.0. The number of fused-ring (bicyclic) bond motifs is 3. The molecule has 0 unspecified atom stereocenters. The first kappa shape index (κ1) is 31.5. The van der Waals surface area contributed by atoms with Gasteiger partial charge in [-0.15, -0.1) is 0 Å². The molecular weight excluding hydrogens is 632 g/mol. The number of nitrogens with one attached hydrogen (secondary N) is 1. The molecule has 7 heterocycles. The van der Waals surface area contributed by atoms with Gasteiger partial charge >= 0.3 is 0 Å². The van der Waals surface area contributed by atoms with Crippen molar-refractivity contribution in [2.45, 2.75) is 64.3 Å². The number of ether oxygens (including phenoxy) is 1. The van der Waals surface area contributed by atoms with Crippen LogP contribution in [0, 0.1) is 5.41 Å². The number of aromatic nitrogens is 4. The van der Waals surface area contributed by atoms with E-state index in [0.29, 0.717) is 53.3 Å². The minimum absolute atomic E-state index is 0.109. The Balaban J connectivity index is 0.967. The number of nitrogens with zero attached hydrogens (tertiary/aromatic N) is 7. The maximum atomic E-state index is 13.9. The molecule has 0 aromatic carbocycles. The Labute approximate surface area is 291 Å². The van der Waals surface area contributed by atoms with Gasteiger partial charge in [-0.05, 0) is 72.6 Å². The lowest BCUT2D eigenvalue weighted by Crippen LogP contribution is -2.61. The SMILES string of the molecule is Cn1cc(-c2ccnc(N3CCn4c(cc5c4CC(C)(C)C5)C3=O)c2CO)cc(Nc2ccc(N3CCN(C4COC4)CC34CC4)cn2)c1=O. The summed E-state index contributed by atoms with van der Waals surface area (Å²) >= 11 is 0. The van der Waals surface area contributed by atoms with Gasteiger partial charge in [0.15, 0.2) is 0 Å². The summed E-state index contributed by atoms with van der Waals surface area (Å²) in [5.74, 6) is 0.912. The third-order valence-electron chi connectivity index (χ3n) is 11.5. The number of pyridine rings is 3. The Kier molecular flexibility index (Phi) is 7.24. The second-order valence-electron chi connectivity index (χ2n) is 15.6. The normalized spacial score (nSPS) is 20.9. The van der Waals surface area contributed by atoms with E-state index in [9.17, 15) is 14.7 Å². The number of carbonyl (C=O) groups is 1. The van der Waals surface area contributed by atoms with Gasteiger partial charge in [-0.1, -0.05) is 13.8 Å². The first-order valence-corrected chi connectivity index (χ1v) is 17.8. The van der Waals surface area contributed by atoms with E-state index in [1.165, 1.54) is 28.7 Å². The Hall–Kier alpha value is -4.52. The van der Waals surface area contributed by atoms with Crippen molar-refractivity contribution in [2.24, 2.45) is 12.5 Å². The Bertz CT molecular complexity index is 2060. The molecule has 2 saturated heterocycles. The van der Waals surface area contributed by atoms with Crippen molar-refractivity contribution in [1.82, 2.24) is 24.0 Å². The number of amides is 1. The van der Waals surface area contributed by atoms with E-state index < -0.39 is 0 Å². The Morgan fingerprint density at radius 1 is 1.02 bits per heavy atom. The van der Waals surface area contributed by atoms with Crippen LogP contribution in [0.3, 0.4) is 0 Å². The zero-order chi connectivity index (χ0) is 34.4. The first-order valence-electron chi connectivity index (χ1n) is 17.8. The molecule has 1 saturated carbocycles. The second kappa shape index (κ2) is 11.5. The molecule has 12 nitrogen and oxygen atoms in total. The Morgan fingerprint density at radius 2 is 1.86 bits per heavy atom. The highest BCUT2D eigenvalue weighted by Crippen LogP contribution is 2.47. The lowest BCUT2D eigenvalue weighted by Gasteiger charge is -2.48. The van der Waals surface area contributed by atoms with Crippen LogP contribution < -0.4 is 20.7 Å². The molecule has 3 fully saturated rings. The largest absolute Gasteiger partial charge is 0.392 e. The molecule has 0 bridgehead atoms. The van der Waals surface area contributed by atoms with E-state index in [1.54, 1.807) is 30.4 Å². The highest BCUT2D eigenvalue weighted by atomic mass is 16.5. The van der Waals surface area contributed by atoms with Crippen molar-refractivity contribution in [1.29, 1.82) is 0 Å². The van der Waals surface area contributed by atoms with Gasteiger partial charge < -0.3 is 29.2 Å². The van der Waals surface area contributed by atoms with Gasteiger partial charge in [0.05, 0.1) is 43.3 Å². The molecule has 260 valence electrons. The molecule has 1 amide bonds. The van der Waals surface area contributed by atoms with Gasteiger partial charge in [0, 0.05) is 69.0 Å². The predicted octanol–water partition coefficient (Wildman–Crippen LogP) is 3.72. The summed E-state index contributed by atoms with van der Waals surface area (Å²) in [5.41, 5.74) is 6.83. The summed E-state index contributed by atoms with van der Waals surface area (Å²) in [4.78, 5) is 43.3. The minimum Gasteiger partial charge on any atom is -0.392 e. The summed E-state index contributed by atoms with van der Waals surface area (Å²) in [6.07, 6.45) is 9.62. The molecule has 1 spiro atoms. The van der Waals surface area contributed by atoms with Crippen LogP contribution in [0.15, 0.2) is 53.7 Å². The molecule has 9 rings (SSSR count). The van der Waals surface area contributed by atoms with Crippen molar-refractivity contribution >= 4 is 28.9 Å².